The van der Waals surface area contributed by atoms with E-state index >= 15 is 0 Å². The first-order valence-corrected chi connectivity index (χ1v) is 9.59. The van der Waals surface area contributed by atoms with Gasteiger partial charge in [-0.3, -0.25) is 0 Å². The van der Waals surface area contributed by atoms with Gasteiger partial charge in [0.05, 0.1) is 7.11 Å². The van der Waals surface area contributed by atoms with Gasteiger partial charge in [0, 0.05) is 0 Å². The first-order chi connectivity index (χ1) is 11.7. The van der Waals surface area contributed by atoms with Crippen molar-refractivity contribution < 1.29 is 14.6 Å². The number of carboxylic acids is 1. The highest BCUT2D eigenvalue weighted by molar-refractivity contribution is 5.92. The van der Waals surface area contributed by atoms with Crippen LogP contribution < -0.4 is 4.74 Å². The molecule has 24 heavy (non-hydrogen) atoms. The van der Waals surface area contributed by atoms with Crippen LogP contribution in [0, 0.1) is 0 Å². The summed E-state index contributed by atoms with van der Waals surface area (Å²) < 4.78 is 5.17. The van der Waals surface area contributed by atoms with E-state index in [2.05, 4.69) is 6.92 Å². The van der Waals surface area contributed by atoms with E-state index in [0.29, 0.717) is 11.3 Å². The van der Waals surface area contributed by atoms with Crippen molar-refractivity contribution in [3.05, 3.63) is 29.3 Å². The molecule has 1 aromatic carbocycles. The summed E-state index contributed by atoms with van der Waals surface area (Å²) in [6.07, 6.45) is 15.1. The minimum atomic E-state index is -0.898. The molecule has 0 amide bonds. The number of hydrogen-bond acceptors (Lipinski definition) is 2. The molecule has 0 unspecified atom stereocenters. The molecule has 1 N–H and O–H groups in total. The highest BCUT2D eigenvalue weighted by atomic mass is 16.5. The summed E-state index contributed by atoms with van der Waals surface area (Å²) in [5, 5.41) is 9.37. The summed E-state index contributed by atoms with van der Waals surface area (Å²) in [5.74, 6) is -0.436. The molecule has 0 saturated heterocycles. The standard InChI is InChI=1S/C21H34O3/c1-3-4-5-6-7-8-9-10-11-12-13-15-18-16-14-17-19(24-2)20(18)21(22)23/h14,16-17H,3-13,15H2,1-2H3,(H,22,23). The Morgan fingerprint density at radius 1 is 0.917 bits per heavy atom. The van der Waals surface area contributed by atoms with Crippen molar-refractivity contribution in [3.63, 3.8) is 0 Å². The number of aryl methyl sites for hydroxylation is 1. The highest BCUT2D eigenvalue weighted by Crippen LogP contribution is 2.24. The van der Waals surface area contributed by atoms with Gasteiger partial charge < -0.3 is 9.84 Å². The second kappa shape index (κ2) is 12.9. The number of methoxy groups -OCH3 is 1. The molecule has 3 nitrogen and oxygen atoms in total. The average Bonchev–Trinajstić information content (AvgIpc) is 2.59. The van der Waals surface area contributed by atoms with Crippen LogP contribution >= 0.6 is 0 Å². The number of ether oxygens (including phenoxy) is 1. The molecule has 0 saturated carbocycles. The smallest absolute Gasteiger partial charge is 0.339 e. The van der Waals surface area contributed by atoms with Crippen LogP contribution in [0.3, 0.4) is 0 Å². The first kappa shape index (κ1) is 20.5. The van der Waals surface area contributed by atoms with Crippen molar-refractivity contribution in [1.82, 2.24) is 0 Å². The average molecular weight is 335 g/mol. The lowest BCUT2D eigenvalue weighted by Crippen LogP contribution is -2.05. The zero-order valence-electron chi connectivity index (χ0n) is 15.5. The van der Waals surface area contributed by atoms with E-state index in [9.17, 15) is 9.90 Å². The Morgan fingerprint density at radius 3 is 1.96 bits per heavy atom. The molecular formula is C21H34O3. The van der Waals surface area contributed by atoms with Crippen LogP contribution in [0.25, 0.3) is 0 Å². The number of unbranched alkanes of at least 4 members (excludes halogenated alkanes) is 10. The first-order valence-electron chi connectivity index (χ1n) is 9.59. The van der Waals surface area contributed by atoms with Gasteiger partial charge in [0.15, 0.2) is 0 Å². The van der Waals surface area contributed by atoms with Crippen LogP contribution in [0.15, 0.2) is 18.2 Å². The zero-order valence-corrected chi connectivity index (χ0v) is 15.5. The van der Waals surface area contributed by atoms with Crippen LogP contribution in [-0.2, 0) is 6.42 Å². The molecular weight excluding hydrogens is 300 g/mol. The number of carbonyl (C=O) groups is 1. The van der Waals surface area contributed by atoms with Crippen molar-refractivity contribution in [3.8, 4) is 5.75 Å². The normalized spacial score (nSPS) is 10.8. The summed E-state index contributed by atoms with van der Waals surface area (Å²) >= 11 is 0. The number of carboxylic acid groups (broad SMARTS) is 1. The lowest BCUT2D eigenvalue weighted by molar-refractivity contribution is 0.0692. The van der Waals surface area contributed by atoms with Gasteiger partial charge in [-0.15, -0.1) is 0 Å². The summed E-state index contributed by atoms with van der Waals surface area (Å²) in [6, 6.07) is 5.49. The molecule has 3 heteroatoms. The Hall–Kier alpha value is -1.51. The minimum Gasteiger partial charge on any atom is -0.496 e. The fourth-order valence-corrected chi connectivity index (χ4v) is 3.18. The lowest BCUT2D eigenvalue weighted by Gasteiger charge is -2.10. The highest BCUT2D eigenvalue weighted by Gasteiger charge is 2.15. The Kier molecular flexibility index (Phi) is 11.0. The number of benzene rings is 1. The van der Waals surface area contributed by atoms with Crippen molar-refractivity contribution in [1.29, 1.82) is 0 Å². The molecule has 1 aromatic rings. The van der Waals surface area contributed by atoms with E-state index in [1.54, 1.807) is 6.07 Å². The second-order valence-electron chi connectivity index (χ2n) is 6.59. The number of aromatic carboxylic acids is 1. The Morgan fingerprint density at radius 2 is 1.46 bits per heavy atom. The van der Waals surface area contributed by atoms with E-state index in [1.807, 2.05) is 12.1 Å². The van der Waals surface area contributed by atoms with Crippen molar-refractivity contribution in [2.45, 2.75) is 84.0 Å². The zero-order chi connectivity index (χ0) is 17.6. The van der Waals surface area contributed by atoms with Crippen LogP contribution in [0.4, 0.5) is 0 Å². The molecule has 0 heterocycles. The molecule has 0 spiro atoms. The topological polar surface area (TPSA) is 46.5 Å². The predicted octanol–water partition coefficient (Wildman–Crippen LogP) is 6.25. The summed E-state index contributed by atoms with van der Waals surface area (Å²) in [7, 11) is 1.52. The van der Waals surface area contributed by atoms with Crippen molar-refractivity contribution in [2.75, 3.05) is 7.11 Å². The van der Waals surface area contributed by atoms with Gasteiger partial charge in [-0.2, -0.15) is 0 Å². The third-order valence-electron chi connectivity index (χ3n) is 4.60. The SMILES string of the molecule is CCCCCCCCCCCCCc1cccc(OC)c1C(=O)O. The fourth-order valence-electron chi connectivity index (χ4n) is 3.18. The van der Waals surface area contributed by atoms with Gasteiger partial charge >= 0.3 is 5.97 Å². The Labute approximate surface area is 147 Å². The monoisotopic (exact) mass is 334 g/mol. The van der Waals surface area contributed by atoms with Crippen molar-refractivity contribution in [2.24, 2.45) is 0 Å². The fraction of sp³-hybridized carbons (Fsp3) is 0.667. The number of hydrogen-bond donors (Lipinski definition) is 1. The van der Waals surface area contributed by atoms with Gasteiger partial charge in [0.1, 0.15) is 11.3 Å². The maximum atomic E-state index is 11.4. The van der Waals surface area contributed by atoms with Gasteiger partial charge in [-0.1, -0.05) is 83.3 Å². The van der Waals surface area contributed by atoms with E-state index in [1.165, 1.54) is 71.3 Å². The van der Waals surface area contributed by atoms with Crippen LogP contribution in [-0.4, -0.2) is 18.2 Å². The largest absolute Gasteiger partial charge is 0.496 e. The quantitative estimate of drug-likeness (QED) is 0.409. The maximum Gasteiger partial charge on any atom is 0.339 e. The minimum absolute atomic E-state index is 0.326. The molecule has 0 aromatic heterocycles. The number of rotatable bonds is 14. The summed E-state index contributed by atoms with van der Waals surface area (Å²) in [6.45, 7) is 2.25. The van der Waals surface area contributed by atoms with Crippen LogP contribution in [0.2, 0.25) is 0 Å². The molecule has 136 valence electrons. The molecule has 0 atom stereocenters. The summed E-state index contributed by atoms with van der Waals surface area (Å²) in [5.41, 5.74) is 1.21. The second-order valence-corrected chi connectivity index (χ2v) is 6.59. The Bertz CT molecular complexity index is 468. The molecule has 0 fully saturated rings. The van der Waals surface area contributed by atoms with E-state index < -0.39 is 5.97 Å². The molecule has 0 aliphatic carbocycles. The summed E-state index contributed by atoms with van der Waals surface area (Å²) in [4.78, 5) is 11.4. The van der Waals surface area contributed by atoms with Gasteiger partial charge in [0.2, 0.25) is 0 Å². The van der Waals surface area contributed by atoms with Crippen LogP contribution in [0.5, 0.6) is 5.75 Å². The third-order valence-corrected chi connectivity index (χ3v) is 4.60. The van der Waals surface area contributed by atoms with E-state index in [-0.39, 0.29) is 0 Å². The van der Waals surface area contributed by atoms with Gasteiger partial charge in [0.25, 0.3) is 0 Å². The van der Waals surface area contributed by atoms with Crippen LogP contribution in [0.1, 0.15) is 93.5 Å². The molecule has 0 radical (unpaired) electrons. The van der Waals surface area contributed by atoms with E-state index in [4.69, 9.17) is 4.74 Å². The molecule has 1 rings (SSSR count). The third kappa shape index (κ3) is 7.85. The van der Waals surface area contributed by atoms with Gasteiger partial charge in [-0.25, -0.2) is 4.79 Å². The molecule has 0 aliphatic rings. The van der Waals surface area contributed by atoms with Gasteiger partial charge in [-0.05, 0) is 24.5 Å². The molecule has 0 bridgehead atoms. The Balaban J connectivity index is 2.17. The van der Waals surface area contributed by atoms with Crippen molar-refractivity contribution >= 4 is 5.97 Å². The lowest BCUT2D eigenvalue weighted by atomic mass is 9.99. The maximum absolute atomic E-state index is 11.4. The molecule has 0 aliphatic heterocycles. The predicted molar refractivity (Wildman–Crippen MR) is 100 cm³/mol. The van der Waals surface area contributed by atoms with E-state index in [0.717, 1.165) is 18.4 Å².